The van der Waals surface area contributed by atoms with Crippen LogP contribution in [0.15, 0.2) is 90.0 Å². The number of carbonyl (C=O) groups excluding carboxylic acids is 2. The number of piperazine rings is 1. The smallest absolute Gasteiger partial charge is 0.481 e. The first-order valence-electron chi connectivity index (χ1n) is 16.9. The number of anilines is 1. The number of alkyl carbamates (subject to hydrolysis) is 1. The van der Waals surface area contributed by atoms with E-state index in [-0.39, 0.29) is 35.5 Å². The lowest BCUT2D eigenvalue weighted by Crippen LogP contribution is -2.58. The van der Waals surface area contributed by atoms with Gasteiger partial charge in [0.1, 0.15) is 17.6 Å². The summed E-state index contributed by atoms with van der Waals surface area (Å²) in [6, 6.07) is 15.3. The van der Waals surface area contributed by atoms with E-state index < -0.39 is 64.0 Å². The van der Waals surface area contributed by atoms with Gasteiger partial charge in [-0.1, -0.05) is 35.9 Å². The number of alkyl halides is 3. The Labute approximate surface area is 320 Å². The lowest BCUT2D eigenvalue weighted by Gasteiger charge is -2.40. The highest BCUT2D eigenvalue weighted by Crippen LogP contribution is 2.33. The standard InChI is InChI=1S/C37H38ClF4N5O7S/c1-22-19-43-21-26(47(22)55(50,51)28-15-13-27(14-16-28)54-37(40,41)42)12-17-29-30(39)5-4-6-31(29)45-35(48)34(46-36(49)53-3)33(23-7-10-25(38)11-8-23)24-9-18-32(52-2)44-20-24/h4-11,13-16,18,20,22,26,33-34,43H,12,17,19,21H2,1-3H3,(H,45,48)(H,46,49). The summed E-state index contributed by atoms with van der Waals surface area (Å²) in [4.78, 5) is 31.0. The molecule has 0 bridgehead atoms. The van der Waals surface area contributed by atoms with Crippen molar-refractivity contribution in [1.29, 1.82) is 0 Å². The summed E-state index contributed by atoms with van der Waals surface area (Å²) >= 11 is 6.16. The van der Waals surface area contributed by atoms with Crippen LogP contribution < -0.4 is 25.4 Å². The summed E-state index contributed by atoms with van der Waals surface area (Å²) in [5.74, 6) is -2.52. The molecule has 0 spiro atoms. The number of benzene rings is 3. The maximum Gasteiger partial charge on any atom is 0.573 e. The fourth-order valence-corrected chi connectivity index (χ4v) is 8.45. The number of hydrogen-bond donors (Lipinski definition) is 3. The van der Waals surface area contributed by atoms with Gasteiger partial charge >= 0.3 is 12.5 Å². The number of ether oxygens (including phenoxy) is 3. The van der Waals surface area contributed by atoms with E-state index in [9.17, 15) is 31.2 Å². The number of halogens is 5. The zero-order valence-electron chi connectivity index (χ0n) is 29.8. The van der Waals surface area contributed by atoms with E-state index in [4.69, 9.17) is 21.1 Å². The van der Waals surface area contributed by atoms with Gasteiger partial charge in [0.2, 0.25) is 21.8 Å². The van der Waals surface area contributed by atoms with Crippen molar-refractivity contribution in [3.05, 3.63) is 113 Å². The Balaban J connectivity index is 1.43. The number of nitrogens with one attached hydrogen (secondary N) is 3. The van der Waals surface area contributed by atoms with E-state index in [1.807, 2.05) is 0 Å². The molecule has 4 atom stereocenters. The fourth-order valence-electron chi connectivity index (χ4n) is 6.48. The summed E-state index contributed by atoms with van der Waals surface area (Å²) < 4.78 is 96.7. The Morgan fingerprint density at radius 3 is 2.31 bits per heavy atom. The fraction of sp³-hybridized carbons (Fsp3) is 0.324. The summed E-state index contributed by atoms with van der Waals surface area (Å²) in [5, 5.41) is 8.97. The van der Waals surface area contributed by atoms with E-state index in [1.165, 1.54) is 35.8 Å². The minimum atomic E-state index is -4.95. The molecule has 1 aromatic heterocycles. The highest BCUT2D eigenvalue weighted by Gasteiger charge is 2.39. The first kappa shape index (κ1) is 41.2. The van der Waals surface area contributed by atoms with Crippen molar-refractivity contribution in [2.24, 2.45) is 0 Å². The number of sulfonamides is 1. The molecular weight excluding hydrogens is 770 g/mol. The monoisotopic (exact) mass is 807 g/mol. The molecule has 1 saturated heterocycles. The third kappa shape index (κ3) is 10.2. The van der Waals surface area contributed by atoms with E-state index in [0.29, 0.717) is 28.6 Å². The van der Waals surface area contributed by atoms with Crippen molar-refractivity contribution >= 4 is 39.3 Å². The zero-order chi connectivity index (χ0) is 39.9. The number of nitrogens with zero attached hydrogens (tertiary/aromatic N) is 2. The molecule has 0 saturated carbocycles. The molecule has 3 aromatic carbocycles. The van der Waals surface area contributed by atoms with Gasteiger partial charge in [0.05, 0.1) is 19.1 Å². The molecule has 294 valence electrons. The molecular formula is C37H38ClF4N5O7S. The summed E-state index contributed by atoms with van der Waals surface area (Å²) in [6.07, 6.45) is -4.32. The molecule has 1 fully saturated rings. The average Bonchev–Trinajstić information content (AvgIpc) is 3.14. The van der Waals surface area contributed by atoms with Crippen LogP contribution in [0.4, 0.5) is 28.0 Å². The molecule has 2 amide bonds. The Bertz CT molecular complexity index is 2060. The Kier molecular flexibility index (Phi) is 13.2. The van der Waals surface area contributed by atoms with Crippen LogP contribution in [-0.2, 0) is 26.0 Å². The zero-order valence-corrected chi connectivity index (χ0v) is 31.3. The minimum absolute atomic E-state index is 0.0379. The van der Waals surface area contributed by atoms with Gasteiger partial charge < -0.3 is 30.2 Å². The lowest BCUT2D eigenvalue weighted by atomic mass is 9.85. The van der Waals surface area contributed by atoms with Crippen LogP contribution in [0.1, 0.15) is 36.0 Å². The van der Waals surface area contributed by atoms with Gasteiger partial charge in [-0.05, 0) is 79.4 Å². The van der Waals surface area contributed by atoms with Crippen LogP contribution >= 0.6 is 11.6 Å². The molecule has 0 aliphatic carbocycles. The average molecular weight is 808 g/mol. The van der Waals surface area contributed by atoms with Crippen LogP contribution in [-0.4, -0.2) is 81.5 Å². The molecule has 12 nitrogen and oxygen atoms in total. The van der Waals surface area contributed by atoms with Gasteiger partial charge in [0.15, 0.2) is 0 Å². The van der Waals surface area contributed by atoms with Crippen LogP contribution in [0.5, 0.6) is 11.6 Å². The SMILES string of the molecule is COC(=O)NC(C(=O)Nc1cccc(F)c1CCC1CNCC(C)N1S(=O)(=O)c1ccc(OC(F)(F)F)cc1)C(c1ccc(Cl)cc1)c1ccc(OC)nc1. The van der Waals surface area contributed by atoms with E-state index in [1.54, 1.807) is 43.3 Å². The normalized spacial score (nSPS) is 17.5. The number of hydrogen-bond acceptors (Lipinski definition) is 9. The molecule has 1 aliphatic heterocycles. The van der Waals surface area contributed by atoms with Crippen molar-refractivity contribution in [3.8, 4) is 11.6 Å². The van der Waals surface area contributed by atoms with Gasteiger partial charge in [0, 0.05) is 59.6 Å². The van der Waals surface area contributed by atoms with Gasteiger partial charge in [-0.3, -0.25) is 4.79 Å². The molecule has 55 heavy (non-hydrogen) atoms. The predicted molar refractivity (Wildman–Crippen MR) is 195 cm³/mol. The Morgan fingerprint density at radius 1 is 1.00 bits per heavy atom. The number of amides is 2. The third-order valence-corrected chi connectivity index (χ3v) is 11.3. The molecule has 3 N–H and O–H groups in total. The van der Waals surface area contributed by atoms with Crippen LogP contribution in [0, 0.1) is 5.82 Å². The van der Waals surface area contributed by atoms with Crippen molar-refractivity contribution in [1.82, 2.24) is 19.9 Å². The van der Waals surface area contributed by atoms with Crippen LogP contribution in [0.2, 0.25) is 5.02 Å². The Morgan fingerprint density at radius 2 is 1.69 bits per heavy atom. The molecule has 2 heterocycles. The van der Waals surface area contributed by atoms with Gasteiger partial charge in [0.25, 0.3) is 0 Å². The second-order valence-electron chi connectivity index (χ2n) is 12.6. The second kappa shape index (κ2) is 17.7. The van der Waals surface area contributed by atoms with Gasteiger partial charge in [-0.25, -0.2) is 22.6 Å². The van der Waals surface area contributed by atoms with Crippen LogP contribution in [0.25, 0.3) is 0 Å². The van der Waals surface area contributed by atoms with Crippen molar-refractivity contribution in [2.45, 2.75) is 55.1 Å². The second-order valence-corrected chi connectivity index (χ2v) is 14.9. The van der Waals surface area contributed by atoms with Crippen LogP contribution in [0.3, 0.4) is 0 Å². The van der Waals surface area contributed by atoms with E-state index in [2.05, 4.69) is 25.7 Å². The minimum Gasteiger partial charge on any atom is -0.481 e. The molecule has 5 rings (SSSR count). The summed E-state index contributed by atoms with van der Waals surface area (Å²) in [5.41, 5.74) is 1.25. The maximum atomic E-state index is 15.6. The number of rotatable bonds is 13. The molecule has 4 aromatic rings. The Hall–Kier alpha value is -4.97. The van der Waals surface area contributed by atoms with Crippen molar-refractivity contribution in [3.63, 3.8) is 0 Å². The summed E-state index contributed by atoms with van der Waals surface area (Å²) in [7, 11) is -1.65. The maximum absolute atomic E-state index is 15.6. The lowest BCUT2D eigenvalue weighted by molar-refractivity contribution is -0.274. The highest BCUT2D eigenvalue weighted by molar-refractivity contribution is 7.89. The van der Waals surface area contributed by atoms with E-state index in [0.717, 1.165) is 31.4 Å². The van der Waals surface area contributed by atoms with Gasteiger partial charge in [-0.2, -0.15) is 4.31 Å². The highest BCUT2D eigenvalue weighted by atomic mass is 35.5. The first-order valence-corrected chi connectivity index (χ1v) is 18.7. The number of pyridine rings is 1. The number of methoxy groups -OCH3 is 2. The number of carbonyl (C=O) groups is 2. The van der Waals surface area contributed by atoms with Gasteiger partial charge in [-0.15, -0.1) is 13.2 Å². The third-order valence-electron chi connectivity index (χ3n) is 8.98. The largest absolute Gasteiger partial charge is 0.573 e. The first-order chi connectivity index (χ1) is 26.1. The summed E-state index contributed by atoms with van der Waals surface area (Å²) in [6.45, 7) is 2.16. The van der Waals surface area contributed by atoms with E-state index >= 15 is 4.39 Å². The molecule has 18 heteroatoms. The molecule has 0 radical (unpaired) electrons. The number of aromatic nitrogens is 1. The quantitative estimate of drug-likeness (QED) is 0.133. The molecule has 1 aliphatic rings. The molecule has 4 unspecified atom stereocenters. The topological polar surface area (TPSA) is 148 Å². The van der Waals surface area contributed by atoms with Crippen molar-refractivity contribution in [2.75, 3.05) is 32.6 Å². The predicted octanol–water partition coefficient (Wildman–Crippen LogP) is 6.26. The van der Waals surface area contributed by atoms with Crippen molar-refractivity contribution < 1.29 is 49.8 Å².